The van der Waals surface area contributed by atoms with Crippen molar-refractivity contribution in [2.75, 3.05) is 12.4 Å². The van der Waals surface area contributed by atoms with Gasteiger partial charge in [-0.2, -0.15) is 0 Å². The summed E-state index contributed by atoms with van der Waals surface area (Å²) in [5, 5.41) is 14.8. The van der Waals surface area contributed by atoms with E-state index in [0.717, 1.165) is 17.7 Å². The zero-order chi connectivity index (χ0) is 25.6. The van der Waals surface area contributed by atoms with Crippen LogP contribution >= 0.6 is 0 Å². The number of carboxylic acids is 1. The second-order valence-corrected chi connectivity index (χ2v) is 8.21. The summed E-state index contributed by atoms with van der Waals surface area (Å²) in [5.74, 6) is -2.24. The van der Waals surface area contributed by atoms with Crippen molar-refractivity contribution in [3.63, 3.8) is 0 Å². The van der Waals surface area contributed by atoms with Crippen LogP contribution in [0.5, 0.6) is 5.75 Å². The van der Waals surface area contributed by atoms with E-state index in [0.29, 0.717) is 31.2 Å². The van der Waals surface area contributed by atoms with Crippen LogP contribution < -0.4 is 15.4 Å². The molecule has 35 heavy (non-hydrogen) atoms. The van der Waals surface area contributed by atoms with Crippen molar-refractivity contribution in [3.05, 3.63) is 59.7 Å². The largest absolute Gasteiger partial charge is 0.573 e. The Labute approximate surface area is 199 Å². The monoisotopic (exact) mass is 494 g/mol. The lowest BCUT2D eigenvalue weighted by Gasteiger charge is -2.33. The molecular formula is C24H25F3N2O6. The molecule has 0 bridgehead atoms. The van der Waals surface area contributed by atoms with Crippen LogP contribution in [0.4, 0.5) is 23.7 Å². The molecule has 2 aromatic rings. The molecule has 0 saturated heterocycles. The molecule has 1 atom stereocenters. The smallest absolute Gasteiger partial charge is 0.481 e. The maximum Gasteiger partial charge on any atom is 0.573 e. The Bertz CT molecular complexity index is 1030. The maximum atomic E-state index is 12.7. The van der Waals surface area contributed by atoms with Gasteiger partial charge in [-0.25, -0.2) is 9.59 Å². The van der Waals surface area contributed by atoms with Gasteiger partial charge in [0, 0.05) is 5.69 Å². The molecule has 1 aliphatic rings. The van der Waals surface area contributed by atoms with Crippen LogP contribution in [0.2, 0.25) is 0 Å². The molecule has 1 unspecified atom stereocenters. The van der Waals surface area contributed by atoms with Gasteiger partial charge in [0.15, 0.2) is 0 Å². The number of aliphatic carboxylic acids is 1. The van der Waals surface area contributed by atoms with Crippen molar-refractivity contribution in [3.8, 4) is 5.75 Å². The highest BCUT2D eigenvalue weighted by molar-refractivity contribution is 5.90. The molecule has 2 amide bonds. The number of nitrogens with one attached hydrogen (secondary N) is 2. The van der Waals surface area contributed by atoms with Gasteiger partial charge >= 0.3 is 24.3 Å². The first-order chi connectivity index (χ1) is 16.6. The van der Waals surface area contributed by atoms with E-state index in [2.05, 4.69) is 15.4 Å². The number of ether oxygens (including phenoxy) is 2. The molecule has 1 saturated carbocycles. The van der Waals surface area contributed by atoms with E-state index in [1.165, 1.54) is 19.2 Å². The van der Waals surface area contributed by atoms with Gasteiger partial charge < -0.3 is 25.2 Å². The number of methoxy groups -OCH3 is 1. The molecule has 0 heterocycles. The fourth-order valence-electron chi connectivity index (χ4n) is 4.17. The number of benzene rings is 2. The highest BCUT2D eigenvalue weighted by Crippen LogP contribution is 2.37. The predicted molar refractivity (Wildman–Crippen MR) is 119 cm³/mol. The number of amides is 2. The van der Waals surface area contributed by atoms with E-state index in [9.17, 15) is 32.7 Å². The Morgan fingerprint density at radius 1 is 0.971 bits per heavy atom. The lowest BCUT2D eigenvalue weighted by molar-refractivity contribution is -0.274. The van der Waals surface area contributed by atoms with E-state index >= 15 is 0 Å². The molecule has 11 heteroatoms. The first-order valence-electron chi connectivity index (χ1n) is 10.9. The molecule has 3 N–H and O–H groups in total. The average Bonchev–Trinajstić information content (AvgIpc) is 2.82. The zero-order valence-electron chi connectivity index (χ0n) is 18.8. The van der Waals surface area contributed by atoms with Gasteiger partial charge in [0.1, 0.15) is 5.75 Å². The Morgan fingerprint density at radius 2 is 1.57 bits per heavy atom. The fraction of sp³-hybridized carbons (Fsp3) is 0.375. The normalized spacial score (nSPS) is 18.7. The van der Waals surface area contributed by atoms with Crippen LogP contribution in [0, 0.1) is 11.8 Å². The average molecular weight is 494 g/mol. The molecular weight excluding hydrogens is 469 g/mol. The molecule has 188 valence electrons. The van der Waals surface area contributed by atoms with Gasteiger partial charge in [-0.15, -0.1) is 13.2 Å². The number of hydrogen-bond acceptors (Lipinski definition) is 5. The van der Waals surface area contributed by atoms with Crippen LogP contribution in [0.25, 0.3) is 0 Å². The highest BCUT2D eigenvalue weighted by atomic mass is 19.4. The van der Waals surface area contributed by atoms with Crippen molar-refractivity contribution in [1.82, 2.24) is 5.32 Å². The van der Waals surface area contributed by atoms with Crippen molar-refractivity contribution in [2.45, 2.75) is 38.1 Å². The molecule has 0 spiro atoms. The van der Waals surface area contributed by atoms with Crippen molar-refractivity contribution in [2.24, 2.45) is 11.8 Å². The number of carbonyl (C=O) groups is 3. The van der Waals surface area contributed by atoms with E-state index < -0.39 is 42.0 Å². The molecule has 2 aromatic carbocycles. The van der Waals surface area contributed by atoms with Gasteiger partial charge in [0.05, 0.1) is 24.6 Å². The summed E-state index contributed by atoms with van der Waals surface area (Å²) in [5.41, 5.74) is 1.32. The van der Waals surface area contributed by atoms with Gasteiger partial charge in [-0.3, -0.25) is 4.79 Å². The Hall–Kier alpha value is -3.76. The lowest BCUT2D eigenvalue weighted by Crippen LogP contribution is -2.38. The number of hydrogen-bond donors (Lipinski definition) is 3. The molecule has 0 radical (unpaired) electrons. The number of halogens is 3. The third kappa shape index (κ3) is 7.36. The number of anilines is 1. The first-order valence-corrected chi connectivity index (χ1v) is 10.9. The van der Waals surface area contributed by atoms with Gasteiger partial charge in [-0.1, -0.05) is 12.1 Å². The van der Waals surface area contributed by atoms with Crippen LogP contribution in [-0.2, 0) is 9.53 Å². The number of carboxylic acid groups (broad SMARTS) is 1. The van der Waals surface area contributed by atoms with Gasteiger partial charge in [0.25, 0.3) is 0 Å². The number of rotatable bonds is 7. The number of alkyl halides is 3. The van der Waals surface area contributed by atoms with Crippen LogP contribution in [0.1, 0.15) is 47.6 Å². The van der Waals surface area contributed by atoms with E-state index in [1.807, 2.05) is 0 Å². The summed E-state index contributed by atoms with van der Waals surface area (Å²) in [6.07, 6.45) is -2.72. The molecule has 1 fully saturated rings. The minimum Gasteiger partial charge on any atom is -0.481 e. The second kappa shape index (κ2) is 11.1. The SMILES string of the molecule is COC(=O)c1ccc(C(NC(=O)Nc2ccc(OC(F)(F)F)cc2)C2CCC(C(=O)O)CC2)cc1. The van der Waals surface area contributed by atoms with Crippen molar-refractivity contribution < 1.29 is 42.1 Å². The number of urea groups is 1. The topological polar surface area (TPSA) is 114 Å². The minimum atomic E-state index is -4.82. The molecule has 3 rings (SSSR count). The lowest BCUT2D eigenvalue weighted by atomic mass is 9.76. The van der Waals surface area contributed by atoms with Crippen molar-refractivity contribution >= 4 is 23.7 Å². The maximum absolute atomic E-state index is 12.7. The van der Waals surface area contributed by atoms with Crippen LogP contribution in [-0.4, -0.2) is 36.5 Å². The first kappa shape index (κ1) is 25.9. The van der Waals surface area contributed by atoms with E-state index in [1.54, 1.807) is 24.3 Å². The standard InChI is InChI=1S/C24H25F3N2O6/c1-34-22(32)17-8-4-15(5-9-17)20(14-2-6-16(7-3-14)21(30)31)29-23(33)28-18-10-12-19(13-11-18)35-24(25,26)27/h4-5,8-14,16,20H,2-3,6-7H2,1H3,(H,30,31)(H2,28,29,33). The fourth-order valence-corrected chi connectivity index (χ4v) is 4.17. The summed E-state index contributed by atoms with van der Waals surface area (Å²) in [6, 6.07) is 10.2. The predicted octanol–water partition coefficient (Wildman–Crippen LogP) is 5.13. The summed E-state index contributed by atoms with van der Waals surface area (Å²) < 4.78 is 45.5. The van der Waals surface area contributed by atoms with Crippen molar-refractivity contribution in [1.29, 1.82) is 0 Å². The minimum absolute atomic E-state index is 0.0529. The summed E-state index contributed by atoms with van der Waals surface area (Å²) in [4.78, 5) is 35.8. The zero-order valence-corrected chi connectivity index (χ0v) is 18.8. The summed E-state index contributed by atoms with van der Waals surface area (Å²) in [7, 11) is 1.27. The van der Waals surface area contributed by atoms with Crippen LogP contribution in [0.15, 0.2) is 48.5 Å². The molecule has 8 nitrogen and oxygen atoms in total. The summed E-state index contributed by atoms with van der Waals surface area (Å²) >= 11 is 0. The molecule has 0 aromatic heterocycles. The Balaban J connectivity index is 1.73. The quantitative estimate of drug-likeness (QED) is 0.460. The summed E-state index contributed by atoms with van der Waals surface area (Å²) in [6.45, 7) is 0. The third-order valence-corrected chi connectivity index (χ3v) is 5.92. The Morgan fingerprint density at radius 3 is 2.09 bits per heavy atom. The third-order valence-electron chi connectivity index (χ3n) is 5.92. The number of esters is 1. The molecule has 0 aliphatic heterocycles. The van der Waals surface area contributed by atoms with E-state index in [-0.39, 0.29) is 11.6 Å². The van der Waals surface area contributed by atoms with E-state index in [4.69, 9.17) is 4.74 Å². The van der Waals surface area contributed by atoms with Crippen LogP contribution in [0.3, 0.4) is 0 Å². The van der Waals surface area contributed by atoms with Gasteiger partial charge in [0.2, 0.25) is 0 Å². The van der Waals surface area contributed by atoms with Gasteiger partial charge in [-0.05, 0) is 73.6 Å². The Kier molecular flexibility index (Phi) is 8.21. The second-order valence-electron chi connectivity index (χ2n) is 8.21. The number of carbonyl (C=O) groups excluding carboxylic acids is 2. The highest BCUT2D eigenvalue weighted by Gasteiger charge is 2.33. The molecule has 1 aliphatic carbocycles.